The first-order valence-electron chi connectivity index (χ1n) is 8.85. The molecular weight excluding hydrogens is 366 g/mol. The molecule has 0 aliphatic carbocycles. The van der Waals surface area contributed by atoms with E-state index in [0.29, 0.717) is 12.5 Å². The second-order valence-electron chi connectivity index (χ2n) is 6.43. The summed E-state index contributed by atoms with van der Waals surface area (Å²) in [6, 6.07) is 0. The van der Waals surface area contributed by atoms with Crippen molar-refractivity contribution in [3.05, 3.63) is 21.9 Å². The largest absolute Gasteiger partial charge is 0.356 e. The molecule has 0 spiro atoms. The maximum Gasteiger partial charge on any atom is 0.191 e. The van der Waals surface area contributed by atoms with Gasteiger partial charge >= 0.3 is 0 Å². The van der Waals surface area contributed by atoms with E-state index < -0.39 is 0 Å². The average Bonchev–Trinajstić information content (AvgIpc) is 3.20. The normalized spacial score (nSPS) is 12.0. The lowest BCUT2D eigenvalue weighted by Crippen LogP contribution is -2.37. The first-order valence-corrected chi connectivity index (χ1v) is 10.9. The molecule has 144 valence electrons. The van der Waals surface area contributed by atoms with Crippen LogP contribution < -0.4 is 10.6 Å². The zero-order chi connectivity index (χ0) is 18.9. The van der Waals surface area contributed by atoms with Gasteiger partial charge in [-0.15, -0.1) is 21.5 Å². The van der Waals surface area contributed by atoms with Gasteiger partial charge in [0, 0.05) is 37.6 Å². The number of aromatic nitrogens is 4. The third kappa shape index (κ3) is 6.28. The van der Waals surface area contributed by atoms with Crippen LogP contribution in [0.4, 0.5) is 0 Å². The minimum atomic E-state index is 0.575. The molecule has 0 atom stereocenters. The summed E-state index contributed by atoms with van der Waals surface area (Å²) in [5.41, 5.74) is 0. The van der Waals surface area contributed by atoms with Crippen LogP contribution in [0.15, 0.2) is 16.3 Å². The van der Waals surface area contributed by atoms with Crippen molar-refractivity contribution in [2.24, 2.45) is 10.9 Å². The monoisotopic (exact) mass is 395 g/mol. The quantitative estimate of drug-likeness (QED) is 0.294. The predicted octanol–water partition coefficient (Wildman–Crippen LogP) is 2.72. The number of hydrogen-bond donors (Lipinski definition) is 2. The Labute approximate surface area is 164 Å². The molecule has 2 aromatic rings. The van der Waals surface area contributed by atoms with Gasteiger partial charge in [0.1, 0.15) is 10.8 Å². The van der Waals surface area contributed by atoms with Gasteiger partial charge in [0.05, 0.1) is 6.54 Å². The first-order chi connectivity index (χ1) is 12.5. The summed E-state index contributed by atoms with van der Waals surface area (Å²) in [6.45, 7) is 8.99. The predicted molar refractivity (Wildman–Crippen MR) is 110 cm³/mol. The molecule has 9 heteroatoms. The number of aliphatic imine (C=N–C) groups is 1. The summed E-state index contributed by atoms with van der Waals surface area (Å²) in [6.07, 6.45) is 5.82. The van der Waals surface area contributed by atoms with Crippen LogP contribution in [0, 0.1) is 12.8 Å². The molecule has 0 amide bonds. The highest BCUT2D eigenvalue weighted by Crippen LogP contribution is 2.16. The zero-order valence-corrected chi connectivity index (χ0v) is 17.9. The zero-order valence-electron chi connectivity index (χ0n) is 16.2. The van der Waals surface area contributed by atoms with E-state index in [4.69, 9.17) is 0 Å². The number of hydrogen-bond acceptors (Lipinski definition) is 6. The van der Waals surface area contributed by atoms with Crippen LogP contribution in [0.3, 0.4) is 0 Å². The Morgan fingerprint density at radius 1 is 1.35 bits per heavy atom. The molecule has 2 heterocycles. The summed E-state index contributed by atoms with van der Waals surface area (Å²) in [5.74, 6) is 2.43. The Bertz CT molecular complexity index is 706. The van der Waals surface area contributed by atoms with Gasteiger partial charge in [0.25, 0.3) is 0 Å². The molecule has 26 heavy (non-hydrogen) atoms. The summed E-state index contributed by atoms with van der Waals surface area (Å²) in [4.78, 5) is 9.84. The smallest absolute Gasteiger partial charge is 0.191 e. The Morgan fingerprint density at radius 3 is 2.77 bits per heavy atom. The van der Waals surface area contributed by atoms with Crippen molar-refractivity contribution in [1.29, 1.82) is 0 Å². The number of aryl methyl sites for hydroxylation is 2. The van der Waals surface area contributed by atoms with E-state index >= 15 is 0 Å². The number of nitrogens with zero attached hydrogens (tertiary/aromatic N) is 5. The van der Waals surface area contributed by atoms with Crippen LogP contribution in [0.25, 0.3) is 0 Å². The maximum atomic E-state index is 4.37. The van der Waals surface area contributed by atoms with Crippen molar-refractivity contribution in [3.8, 4) is 0 Å². The van der Waals surface area contributed by atoms with Gasteiger partial charge in [0.2, 0.25) is 0 Å². The first kappa shape index (κ1) is 20.7. The molecule has 2 aromatic heterocycles. The van der Waals surface area contributed by atoms with Crippen molar-refractivity contribution in [3.63, 3.8) is 0 Å². The highest BCUT2D eigenvalue weighted by atomic mass is 32.2. The minimum absolute atomic E-state index is 0.575. The molecule has 7 nitrogen and oxygen atoms in total. The van der Waals surface area contributed by atoms with E-state index in [9.17, 15) is 0 Å². The van der Waals surface area contributed by atoms with Gasteiger partial charge in [-0.05, 0) is 25.5 Å². The molecule has 0 bridgehead atoms. The van der Waals surface area contributed by atoms with Crippen LogP contribution >= 0.6 is 23.1 Å². The minimum Gasteiger partial charge on any atom is -0.356 e. The Kier molecular flexibility index (Phi) is 8.37. The van der Waals surface area contributed by atoms with Crippen molar-refractivity contribution in [2.45, 2.75) is 51.9 Å². The van der Waals surface area contributed by atoms with Crippen molar-refractivity contribution >= 4 is 29.1 Å². The van der Waals surface area contributed by atoms with Crippen molar-refractivity contribution in [2.75, 3.05) is 19.8 Å². The molecule has 0 unspecified atom stereocenters. The van der Waals surface area contributed by atoms with Gasteiger partial charge < -0.3 is 15.2 Å². The van der Waals surface area contributed by atoms with E-state index in [1.165, 1.54) is 4.88 Å². The van der Waals surface area contributed by atoms with Crippen LogP contribution in [-0.2, 0) is 19.5 Å². The van der Waals surface area contributed by atoms with E-state index in [2.05, 4.69) is 56.1 Å². The molecule has 0 aromatic carbocycles. The number of nitrogens with one attached hydrogen (secondary N) is 2. The molecule has 0 saturated heterocycles. The average molecular weight is 396 g/mol. The van der Waals surface area contributed by atoms with E-state index in [0.717, 1.165) is 47.9 Å². The van der Waals surface area contributed by atoms with E-state index in [1.54, 1.807) is 30.1 Å². The van der Waals surface area contributed by atoms with Crippen LogP contribution in [-0.4, -0.2) is 45.6 Å². The molecule has 0 fully saturated rings. The third-order valence-corrected chi connectivity index (χ3v) is 5.27. The molecule has 2 N–H and O–H groups in total. The van der Waals surface area contributed by atoms with Crippen LogP contribution in [0.1, 0.15) is 36.0 Å². The van der Waals surface area contributed by atoms with Gasteiger partial charge in [-0.1, -0.05) is 25.6 Å². The number of rotatable bonds is 9. The van der Waals surface area contributed by atoms with Gasteiger partial charge in [0.15, 0.2) is 11.1 Å². The van der Waals surface area contributed by atoms with Gasteiger partial charge in [-0.3, -0.25) is 4.99 Å². The summed E-state index contributed by atoms with van der Waals surface area (Å²) in [7, 11) is 1.78. The molecule has 0 radical (unpaired) electrons. The number of thioether (sulfide) groups is 1. The van der Waals surface area contributed by atoms with Gasteiger partial charge in [-0.25, -0.2) is 4.98 Å². The molecule has 2 rings (SSSR count). The Balaban J connectivity index is 1.77. The number of thiazole rings is 1. The van der Waals surface area contributed by atoms with Crippen molar-refractivity contribution in [1.82, 2.24) is 30.4 Å². The number of guanidine groups is 1. The third-order valence-electron chi connectivity index (χ3n) is 3.69. The highest BCUT2D eigenvalue weighted by molar-refractivity contribution is 7.98. The second-order valence-corrected chi connectivity index (χ2v) is 8.52. The highest BCUT2D eigenvalue weighted by Gasteiger charge is 2.12. The SMILES string of the molecule is CN=C(NCCCc1nnc(SC)n1CC(C)C)NCc1ncc(C)s1. The summed E-state index contributed by atoms with van der Waals surface area (Å²) >= 11 is 3.35. The van der Waals surface area contributed by atoms with Crippen LogP contribution in [0.2, 0.25) is 0 Å². The van der Waals surface area contributed by atoms with Gasteiger partial charge in [-0.2, -0.15) is 0 Å². The van der Waals surface area contributed by atoms with Crippen molar-refractivity contribution < 1.29 is 0 Å². The lowest BCUT2D eigenvalue weighted by atomic mass is 10.2. The Morgan fingerprint density at radius 2 is 2.15 bits per heavy atom. The molecule has 0 aliphatic heterocycles. The lowest BCUT2D eigenvalue weighted by Gasteiger charge is -2.13. The Hall–Kier alpha value is -1.61. The topological polar surface area (TPSA) is 80.0 Å². The maximum absolute atomic E-state index is 4.37. The lowest BCUT2D eigenvalue weighted by molar-refractivity contribution is 0.477. The second kappa shape index (κ2) is 10.5. The molecule has 0 saturated carbocycles. The standard InChI is InChI=1S/C17H29N7S2/c1-12(2)11-24-14(22-23-17(24)25-5)7-6-8-19-16(18-4)21-10-15-20-9-13(3)26-15/h9,12H,6-8,10-11H2,1-5H3,(H2,18,19,21). The summed E-state index contributed by atoms with van der Waals surface area (Å²) < 4.78 is 2.24. The fraction of sp³-hybridized carbons (Fsp3) is 0.647. The fourth-order valence-electron chi connectivity index (χ4n) is 2.52. The van der Waals surface area contributed by atoms with Crippen LogP contribution in [0.5, 0.6) is 0 Å². The molecule has 0 aliphatic rings. The fourth-order valence-corrected chi connectivity index (χ4v) is 3.77. The van der Waals surface area contributed by atoms with E-state index in [1.807, 2.05) is 12.5 Å². The van der Waals surface area contributed by atoms with E-state index in [-0.39, 0.29) is 0 Å². The molecular formula is C17H29N7S2. The summed E-state index contributed by atoms with van der Waals surface area (Å²) in [5, 5.41) is 17.4.